The third-order valence-corrected chi connectivity index (χ3v) is 3.22. The summed E-state index contributed by atoms with van der Waals surface area (Å²) in [5, 5.41) is 16.1. The van der Waals surface area contributed by atoms with Crippen LogP contribution in [-0.2, 0) is 12.6 Å². The first-order valence-corrected chi connectivity index (χ1v) is 6.19. The molecule has 7 heteroatoms. The highest BCUT2D eigenvalue weighted by Gasteiger charge is 2.39. The molecule has 0 aliphatic carbocycles. The Balaban J connectivity index is 2.19. The van der Waals surface area contributed by atoms with Crippen LogP contribution in [0.15, 0.2) is 24.3 Å². The molecular weight excluding hydrogens is 271 g/mol. The van der Waals surface area contributed by atoms with Crippen molar-refractivity contribution in [1.82, 2.24) is 9.78 Å². The van der Waals surface area contributed by atoms with Gasteiger partial charge in [0.1, 0.15) is 11.6 Å². The third kappa shape index (κ3) is 2.09. The van der Waals surface area contributed by atoms with Crippen molar-refractivity contribution >= 4 is 5.82 Å². The van der Waals surface area contributed by atoms with Crippen molar-refractivity contribution in [1.29, 1.82) is 0 Å². The molecule has 3 rings (SSSR count). The average Bonchev–Trinajstić information content (AvgIpc) is 2.78. The predicted molar refractivity (Wildman–Crippen MR) is 67.0 cm³/mol. The normalized spacial score (nSPS) is 14.8. The van der Waals surface area contributed by atoms with E-state index >= 15 is 0 Å². The maximum absolute atomic E-state index is 13.0. The van der Waals surface area contributed by atoms with Gasteiger partial charge in [0.2, 0.25) is 0 Å². The molecule has 2 N–H and O–H groups in total. The highest BCUT2D eigenvalue weighted by molar-refractivity contribution is 5.56. The Kier molecular flexibility index (Phi) is 2.84. The molecule has 4 nitrogen and oxygen atoms in total. The number of hydrogen-bond acceptors (Lipinski definition) is 3. The number of alkyl halides is 3. The lowest BCUT2D eigenvalue weighted by Gasteiger charge is -2.16. The maximum Gasteiger partial charge on any atom is 0.435 e. The van der Waals surface area contributed by atoms with E-state index in [1.54, 1.807) is 12.1 Å². The van der Waals surface area contributed by atoms with Crippen LogP contribution in [-0.4, -0.2) is 21.4 Å². The summed E-state index contributed by atoms with van der Waals surface area (Å²) in [6.45, 7) is 0.606. The van der Waals surface area contributed by atoms with Crippen molar-refractivity contribution in [3.8, 4) is 11.4 Å². The van der Waals surface area contributed by atoms with Gasteiger partial charge in [-0.1, -0.05) is 6.07 Å². The lowest BCUT2D eigenvalue weighted by molar-refractivity contribution is -0.142. The molecule has 1 aromatic heterocycles. The minimum atomic E-state index is -4.48. The van der Waals surface area contributed by atoms with Crippen molar-refractivity contribution in [2.75, 3.05) is 11.9 Å². The number of anilines is 1. The molecule has 0 atom stereocenters. The molecule has 20 heavy (non-hydrogen) atoms. The van der Waals surface area contributed by atoms with Gasteiger partial charge in [-0.25, -0.2) is 4.68 Å². The van der Waals surface area contributed by atoms with Crippen LogP contribution in [0.4, 0.5) is 19.0 Å². The fourth-order valence-electron chi connectivity index (χ4n) is 2.38. The second-order valence-corrected chi connectivity index (χ2v) is 4.64. The van der Waals surface area contributed by atoms with E-state index in [9.17, 15) is 18.3 Å². The van der Waals surface area contributed by atoms with E-state index < -0.39 is 11.9 Å². The number of nitrogens with zero attached hydrogens (tertiary/aromatic N) is 2. The number of hydrogen-bond donors (Lipinski definition) is 2. The molecule has 1 aliphatic heterocycles. The first-order chi connectivity index (χ1) is 9.47. The summed E-state index contributed by atoms with van der Waals surface area (Å²) in [4.78, 5) is 0. The van der Waals surface area contributed by atoms with Crippen LogP contribution in [0.2, 0.25) is 0 Å². The lowest BCUT2D eigenvalue weighted by Crippen LogP contribution is -2.15. The predicted octanol–water partition coefficient (Wildman–Crippen LogP) is 2.95. The van der Waals surface area contributed by atoms with Crippen LogP contribution >= 0.6 is 0 Å². The molecule has 2 aromatic rings. The fourth-order valence-corrected chi connectivity index (χ4v) is 2.38. The van der Waals surface area contributed by atoms with Gasteiger partial charge in [-0.2, -0.15) is 18.3 Å². The van der Waals surface area contributed by atoms with E-state index in [1.165, 1.54) is 16.8 Å². The number of phenolic OH excluding ortho intramolecular Hbond substituents is 1. The molecule has 0 saturated carbocycles. The lowest BCUT2D eigenvalue weighted by atomic mass is 10.1. The van der Waals surface area contributed by atoms with Crippen LogP contribution in [0.25, 0.3) is 5.69 Å². The summed E-state index contributed by atoms with van der Waals surface area (Å²) in [6, 6.07) is 6.00. The molecular formula is C13H12F3N3O. The molecule has 1 aliphatic rings. The molecule has 0 bridgehead atoms. The number of halogens is 3. The monoisotopic (exact) mass is 283 g/mol. The van der Waals surface area contributed by atoms with Crippen molar-refractivity contribution in [3.05, 3.63) is 35.5 Å². The molecule has 0 spiro atoms. The first kappa shape index (κ1) is 12.8. The minimum absolute atomic E-state index is 0.0175. The number of aromatic nitrogens is 2. The van der Waals surface area contributed by atoms with Gasteiger partial charge in [0.25, 0.3) is 0 Å². The molecule has 106 valence electrons. The van der Waals surface area contributed by atoms with Crippen LogP contribution in [0.3, 0.4) is 0 Å². The standard InChI is InChI=1S/C13H12F3N3O/c14-13(15,16)11-10-5-2-6-17-12(10)19(18-11)8-3-1-4-9(20)7-8/h1,3-4,7,17,20H,2,5-6H2. The number of aromatic hydroxyl groups is 1. The maximum atomic E-state index is 13.0. The van der Waals surface area contributed by atoms with Gasteiger partial charge in [0.05, 0.1) is 5.69 Å². The number of phenols is 1. The SMILES string of the molecule is Oc1cccc(-n2nc(C(F)(F)F)c3c2NCCC3)c1. The van der Waals surface area contributed by atoms with E-state index in [2.05, 4.69) is 10.4 Å². The number of benzene rings is 1. The first-order valence-electron chi connectivity index (χ1n) is 6.19. The Hall–Kier alpha value is -2.18. The smallest absolute Gasteiger partial charge is 0.435 e. The quantitative estimate of drug-likeness (QED) is 0.846. The fraction of sp³-hybridized carbons (Fsp3) is 0.308. The van der Waals surface area contributed by atoms with Gasteiger partial charge >= 0.3 is 6.18 Å². The highest BCUT2D eigenvalue weighted by atomic mass is 19.4. The van der Waals surface area contributed by atoms with Crippen LogP contribution in [0.1, 0.15) is 17.7 Å². The van der Waals surface area contributed by atoms with E-state index in [0.29, 0.717) is 30.9 Å². The molecule has 0 radical (unpaired) electrons. The van der Waals surface area contributed by atoms with Crippen molar-refractivity contribution in [3.63, 3.8) is 0 Å². The zero-order valence-electron chi connectivity index (χ0n) is 10.4. The Morgan fingerprint density at radius 3 is 2.80 bits per heavy atom. The Labute approximate surface area is 112 Å². The van der Waals surface area contributed by atoms with Gasteiger partial charge in [0, 0.05) is 18.2 Å². The van der Waals surface area contributed by atoms with Crippen LogP contribution in [0, 0.1) is 0 Å². The topological polar surface area (TPSA) is 50.1 Å². The van der Waals surface area contributed by atoms with E-state index in [0.717, 1.165) is 0 Å². The molecule has 0 amide bonds. The van der Waals surface area contributed by atoms with Crippen LogP contribution < -0.4 is 5.32 Å². The second kappa shape index (κ2) is 4.43. The summed E-state index contributed by atoms with van der Waals surface area (Å²) < 4.78 is 40.3. The highest BCUT2D eigenvalue weighted by Crippen LogP contribution is 2.38. The summed E-state index contributed by atoms with van der Waals surface area (Å²) in [5.74, 6) is 0.338. The summed E-state index contributed by atoms with van der Waals surface area (Å²) >= 11 is 0. The van der Waals surface area contributed by atoms with Crippen molar-refractivity contribution in [2.45, 2.75) is 19.0 Å². The number of rotatable bonds is 1. The van der Waals surface area contributed by atoms with E-state index in [1.807, 2.05) is 0 Å². The van der Waals surface area contributed by atoms with E-state index in [4.69, 9.17) is 0 Å². The Morgan fingerprint density at radius 1 is 1.30 bits per heavy atom. The van der Waals surface area contributed by atoms with Gasteiger partial charge in [-0.05, 0) is 25.0 Å². The summed E-state index contributed by atoms with van der Waals surface area (Å²) in [5.41, 5.74) is -0.277. The van der Waals surface area contributed by atoms with E-state index in [-0.39, 0.29) is 11.3 Å². The van der Waals surface area contributed by atoms with Gasteiger partial charge in [-0.3, -0.25) is 0 Å². The van der Waals surface area contributed by atoms with Gasteiger partial charge < -0.3 is 10.4 Å². The molecule has 0 fully saturated rings. The average molecular weight is 283 g/mol. The molecule has 2 heterocycles. The largest absolute Gasteiger partial charge is 0.508 e. The second-order valence-electron chi connectivity index (χ2n) is 4.64. The van der Waals surface area contributed by atoms with Crippen LogP contribution in [0.5, 0.6) is 5.75 Å². The van der Waals surface area contributed by atoms with Crippen molar-refractivity contribution < 1.29 is 18.3 Å². The van der Waals surface area contributed by atoms with Gasteiger partial charge in [0.15, 0.2) is 5.69 Å². The molecule has 0 saturated heterocycles. The number of nitrogens with one attached hydrogen (secondary N) is 1. The minimum Gasteiger partial charge on any atom is -0.508 e. The molecule has 0 unspecified atom stereocenters. The number of fused-ring (bicyclic) bond motifs is 1. The summed E-state index contributed by atoms with van der Waals surface area (Å²) in [6.07, 6.45) is -3.50. The summed E-state index contributed by atoms with van der Waals surface area (Å²) in [7, 11) is 0. The molecule has 1 aromatic carbocycles. The van der Waals surface area contributed by atoms with Crippen molar-refractivity contribution in [2.24, 2.45) is 0 Å². The Bertz CT molecular complexity index is 649. The third-order valence-electron chi connectivity index (χ3n) is 3.22. The zero-order chi connectivity index (χ0) is 14.3. The Morgan fingerprint density at radius 2 is 2.10 bits per heavy atom. The zero-order valence-corrected chi connectivity index (χ0v) is 10.4. The van der Waals surface area contributed by atoms with Gasteiger partial charge in [-0.15, -0.1) is 0 Å².